The van der Waals surface area contributed by atoms with Gasteiger partial charge >= 0.3 is 5.63 Å². The summed E-state index contributed by atoms with van der Waals surface area (Å²) in [6, 6.07) is 12.3. The Hall–Kier alpha value is -3.13. The van der Waals surface area contributed by atoms with E-state index >= 15 is 0 Å². The standard InChI is InChI=1S/C20H18N2O5S/c1-12-9-15-11-17(5-6-18(15)22(12)13(2)23)28(25,26)21-16-4-7-19-14(10-16)3-8-20(24)27-19/h3-8,10-12,21H,9H2,1-2H3. The number of rotatable bonds is 3. The van der Waals surface area contributed by atoms with Crippen LogP contribution < -0.4 is 15.2 Å². The van der Waals surface area contributed by atoms with E-state index in [0.29, 0.717) is 23.1 Å². The van der Waals surface area contributed by atoms with E-state index in [2.05, 4.69) is 4.72 Å². The Labute approximate surface area is 161 Å². The van der Waals surface area contributed by atoms with E-state index in [1.807, 2.05) is 6.92 Å². The Morgan fingerprint density at radius 1 is 1.14 bits per heavy atom. The van der Waals surface area contributed by atoms with Gasteiger partial charge in [-0.05, 0) is 61.4 Å². The summed E-state index contributed by atoms with van der Waals surface area (Å²) in [5.74, 6) is -0.0669. The number of carbonyl (C=O) groups excluding carboxylic acids is 1. The average Bonchev–Trinajstić information content (AvgIpc) is 2.96. The Morgan fingerprint density at radius 2 is 1.93 bits per heavy atom. The van der Waals surface area contributed by atoms with E-state index in [4.69, 9.17) is 4.42 Å². The van der Waals surface area contributed by atoms with Crippen LogP contribution in [0.25, 0.3) is 11.0 Å². The van der Waals surface area contributed by atoms with Crippen LogP contribution in [0.15, 0.2) is 62.6 Å². The fraction of sp³-hybridized carbons (Fsp3) is 0.200. The SMILES string of the molecule is CC(=O)N1c2ccc(S(=O)(=O)Nc3ccc4oc(=O)ccc4c3)cc2CC1C. The highest BCUT2D eigenvalue weighted by molar-refractivity contribution is 7.92. The number of benzene rings is 2. The highest BCUT2D eigenvalue weighted by atomic mass is 32.2. The maximum Gasteiger partial charge on any atom is 0.336 e. The number of nitrogens with one attached hydrogen (secondary N) is 1. The molecule has 8 heteroatoms. The summed E-state index contributed by atoms with van der Waals surface area (Å²) in [6.45, 7) is 3.43. The van der Waals surface area contributed by atoms with Gasteiger partial charge in [0, 0.05) is 35.8 Å². The smallest absolute Gasteiger partial charge is 0.336 e. The second kappa shape index (κ2) is 6.49. The predicted molar refractivity (Wildman–Crippen MR) is 106 cm³/mol. The van der Waals surface area contributed by atoms with Crippen LogP contribution in [0.2, 0.25) is 0 Å². The molecule has 0 fully saturated rings. The summed E-state index contributed by atoms with van der Waals surface area (Å²) in [5.41, 5.74) is 1.85. The highest BCUT2D eigenvalue weighted by Gasteiger charge is 2.30. The first-order chi connectivity index (χ1) is 13.2. The first-order valence-electron chi connectivity index (χ1n) is 8.74. The van der Waals surface area contributed by atoms with Gasteiger partial charge in [-0.3, -0.25) is 9.52 Å². The highest BCUT2D eigenvalue weighted by Crippen LogP contribution is 2.34. The quantitative estimate of drug-likeness (QED) is 0.685. The number of fused-ring (bicyclic) bond motifs is 2. The molecule has 2 aromatic carbocycles. The molecule has 1 aromatic heterocycles. The molecule has 1 N–H and O–H groups in total. The molecule has 1 atom stereocenters. The van der Waals surface area contributed by atoms with Gasteiger partial charge in [0.2, 0.25) is 5.91 Å². The van der Waals surface area contributed by atoms with Crippen LogP contribution in [-0.2, 0) is 21.2 Å². The summed E-state index contributed by atoms with van der Waals surface area (Å²) >= 11 is 0. The summed E-state index contributed by atoms with van der Waals surface area (Å²) in [7, 11) is -3.81. The van der Waals surface area contributed by atoms with E-state index < -0.39 is 15.6 Å². The molecule has 2 heterocycles. The van der Waals surface area contributed by atoms with Crippen molar-refractivity contribution in [2.45, 2.75) is 31.2 Å². The van der Waals surface area contributed by atoms with Crippen LogP contribution in [0.3, 0.4) is 0 Å². The fourth-order valence-electron chi connectivity index (χ4n) is 3.60. The van der Waals surface area contributed by atoms with Crippen molar-refractivity contribution >= 4 is 38.3 Å². The molecule has 7 nitrogen and oxygen atoms in total. The molecule has 1 unspecified atom stereocenters. The minimum absolute atomic E-state index is 0.00597. The summed E-state index contributed by atoms with van der Waals surface area (Å²) in [5, 5.41) is 0.611. The van der Waals surface area contributed by atoms with Gasteiger partial charge in [0.15, 0.2) is 0 Å². The lowest BCUT2D eigenvalue weighted by Gasteiger charge is -2.20. The van der Waals surface area contributed by atoms with E-state index in [0.717, 1.165) is 11.3 Å². The molecule has 144 valence electrons. The average molecular weight is 398 g/mol. The number of hydrogen-bond donors (Lipinski definition) is 1. The summed E-state index contributed by atoms with van der Waals surface area (Å²) in [6.07, 6.45) is 0.604. The zero-order valence-corrected chi connectivity index (χ0v) is 16.1. The second-order valence-corrected chi connectivity index (χ2v) is 8.53. The molecule has 0 saturated heterocycles. The number of sulfonamides is 1. The molecule has 0 spiro atoms. The Kier molecular flexibility index (Phi) is 4.23. The second-order valence-electron chi connectivity index (χ2n) is 6.85. The molecular formula is C20H18N2O5S. The third-order valence-electron chi connectivity index (χ3n) is 4.79. The van der Waals surface area contributed by atoms with E-state index in [-0.39, 0.29) is 16.8 Å². The molecular weight excluding hydrogens is 380 g/mol. The lowest BCUT2D eigenvalue weighted by molar-refractivity contribution is -0.116. The van der Waals surface area contributed by atoms with Crippen LogP contribution in [0.4, 0.5) is 11.4 Å². The van der Waals surface area contributed by atoms with Gasteiger partial charge in [0.1, 0.15) is 5.58 Å². The molecule has 1 aliphatic heterocycles. The number of carbonyl (C=O) groups is 1. The zero-order valence-electron chi connectivity index (χ0n) is 15.3. The van der Waals surface area contributed by atoms with Crippen molar-refractivity contribution in [3.05, 3.63) is 64.5 Å². The topological polar surface area (TPSA) is 96.7 Å². The molecule has 0 aliphatic carbocycles. The van der Waals surface area contributed by atoms with E-state index in [9.17, 15) is 18.0 Å². The number of nitrogens with zero attached hydrogens (tertiary/aromatic N) is 1. The molecule has 0 radical (unpaired) electrons. The third kappa shape index (κ3) is 3.16. The van der Waals surface area contributed by atoms with Crippen molar-refractivity contribution in [3.8, 4) is 0 Å². The summed E-state index contributed by atoms with van der Waals surface area (Å²) in [4.78, 5) is 24.9. The Morgan fingerprint density at radius 3 is 2.68 bits per heavy atom. The van der Waals surface area contributed by atoms with Crippen molar-refractivity contribution in [1.29, 1.82) is 0 Å². The van der Waals surface area contributed by atoms with E-state index in [1.165, 1.54) is 25.1 Å². The lowest BCUT2D eigenvalue weighted by Crippen LogP contribution is -2.33. The van der Waals surface area contributed by atoms with Crippen LogP contribution in [0.1, 0.15) is 19.4 Å². The number of amides is 1. The third-order valence-corrected chi connectivity index (χ3v) is 6.17. The Bertz CT molecular complexity index is 1260. The molecule has 3 aromatic rings. The van der Waals surface area contributed by atoms with Crippen LogP contribution >= 0.6 is 0 Å². The molecule has 1 amide bonds. The van der Waals surface area contributed by atoms with Crippen molar-refractivity contribution < 1.29 is 17.6 Å². The molecule has 4 rings (SSSR count). The fourth-order valence-corrected chi connectivity index (χ4v) is 4.70. The van der Waals surface area contributed by atoms with Crippen LogP contribution in [0, 0.1) is 0 Å². The normalized spacial score (nSPS) is 16.2. The van der Waals surface area contributed by atoms with Crippen molar-refractivity contribution in [2.24, 2.45) is 0 Å². The van der Waals surface area contributed by atoms with Crippen LogP contribution in [-0.4, -0.2) is 20.4 Å². The van der Waals surface area contributed by atoms with Gasteiger partial charge in [-0.15, -0.1) is 0 Å². The Balaban J connectivity index is 1.66. The lowest BCUT2D eigenvalue weighted by atomic mass is 10.1. The molecule has 28 heavy (non-hydrogen) atoms. The van der Waals surface area contributed by atoms with Crippen LogP contribution in [0.5, 0.6) is 0 Å². The monoisotopic (exact) mass is 398 g/mol. The maximum absolute atomic E-state index is 12.8. The number of anilines is 2. The largest absolute Gasteiger partial charge is 0.423 e. The minimum atomic E-state index is -3.81. The van der Waals surface area contributed by atoms with Gasteiger partial charge in [0.25, 0.3) is 10.0 Å². The minimum Gasteiger partial charge on any atom is -0.423 e. The summed E-state index contributed by atoms with van der Waals surface area (Å²) < 4.78 is 33.3. The first-order valence-corrected chi connectivity index (χ1v) is 10.2. The van der Waals surface area contributed by atoms with Crippen molar-refractivity contribution in [3.63, 3.8) is 0 Å². The molecule has 0 bridgehead atoms. The van der Waals surface area contributed by atoms with Gasteiger partial charge in [-0.2, -0.15) is 0 Å². The predicted octanol–water partition coefficient (Wildman–Crippen LogP) is 2.89. The van der Waals surface area contributed by atoms with Gasteiger partial charge < -0.3 is 9.32 Å². The van der Waals surface area contributed by atoms with E-state index in [1.54, 1.807) is 35.2 Å². The van der Waals surface area contributed by atoms with Gasteiger partial charge in [-0.1, -0.05) is 0 Å². The number of hydrogen-bond acceptors (Lipinski definition) is 5. The van der Waals surface area contributed by atoms with Crippen molar-refractivity contribution in [1.82, 2.24) is 0 Å². The first kappa shape index (κ1) is 18.2. The van der Waals surface area contributed by atoms with Gasteiger partial charge in [0.05, 0.1) is 4.90 Å². The molecule has 0 saturated carbocycles. The zero-order chi connectivity index (χ0) is 20.1. The van der Waals surface area contributed by atoms with Gasteiger partial charge in [-0.25, -0.2) is 13.2 Å². The molecule has 1 aliphatic rings. The maximum atomic E-state index is 12.8. The van der Waals surface area contributed by atoms with Crippen molar-refractivity contribution in [2.75, 3.05) is 9.62 Å².